The number of hydrogen-bond acceptors (Lipinski definition) is 6. The van der Waals surface area contributed by atoms with Crippen LogP contribution in [0.2, 0.25) is 0 Å². The van der Waals surface area contributed by atoms with Gasteiger partial charge in [0.05, 0.1) is 24.5 Å². The van der Waals surface area contributed by atoms with E-state index in [0.717, 1.165) is 42.6 Å². The molecule has 1 N–H and O–H groups in total. The topological polar surface area (TPSA) is 93.9 Å². The maximum atomic E-state index is 13.4. The number of amides is 1. The first-order valence-corrected chi connectivity index (χ1v) is 13.7. The molecule has 204 valence electrons. The highest BCUT2D eigenvalue weighted by atomic mass is 16.5. The van der Waals surface area contributed by atoms with Crippen LogP contribution in [0.4, 0.5) is 0 Å². The standard InChI is InChI=1S/C31H35N3O5/c1-3-4-5-16-38-25-9-6-8-22(19-25)28-27(29(35)23-10-11-26-24(18-23)17-21(2)39-26)30(36)31(37)34(28)14-7-13-33-15-12-32-20-33/h6,8-12,15,18-21,28,35H,3-5,7,13-14,16-17H2,1-2H3/b29-27-. The quantitative estimate of drug-likeness (QED) is 0.157. The van der Waals surface area contributed by atoms with Crippen molar-refractivity contribution >= 4 is 17.4 Å². The lowest BCUT2D eigenvalue weighted by molar-refractivity contribution is -0.139. The molecule has 3 aromatic rings. The van der Waals surface area contributed by atoms with Gasteiger partial charge in [0, 0.05) is 37.5 Å². The molecule has 2 aromatic carbocycles. The monoisotopic (exact) mass is 529 g/mol. The molecular formula is C31H35N3O5. The molecule has 2 aliphatic rings. The highest BCUT2D eigenvalue weighted by molar-refractivity contribution is 6.46. The van der Waals surface area contributed by atoms with E-state index in [9.17, 15) is 14.7 Å². The number of aromatic nitrogens is 2. The highest BCUT2D eigenvalue weighted by Gasteiger charge is 2.46. The van der Waals surface area contributed by atoms with E-state index in [0.29, 0.717) is 37.4 Å². The Kier molecular flexibility index (Phi) is 8.00. The van der Waals surface area contributed by atoms with E-state index < -0.39 is 17.7 Å². The van der Waals surface area contributed by atoms with Crippen molar-refractivity contribution in [2.75, 3.05) is 13.2 Å². The van der Waals surface area contributed by atoms with Crippen molar-refractivity contribution in [3.63, 3.8) is 0 Å². The maximum Gasteiger partial charge on any atom is 0.295 e. The summed E-state index contributed by atoms with van der Waals surface area (Å²) in [5.41, 5.74) is 2.29. The zero-order chi connectivity index (χ0) is 27.4. The molecule has 2 atom stereocenters. The molecule has 1 saturated heterocycles. The molecular weight excluding hydrogens is 494 g/mol. The normalized spacial score (nSPS) is 19.8. The zero-order valence-electron chi connectivity index (χ0n) is 22.5. The molecule has 8 nitrogen and oxygen atoms in total. The van der Waals surface area contributed by atoms with Gasteiger partial charge in [-0.15, -0.1) is 0 Å². The molecule has 5 rings (SSSR count). The van der Waals surface area contributed by atoms with Crippen LogP contribution >= 0.6 is 0 Å². The summed E-state index contributed by atoms with van der Waals surface area (Å²) in [7, 11) is 0. The van der Waals surface area contributed by atoms with Gasteiger partial charge in [-0.05, 0) is 61.2 Å². The smallest absolute Gasteiger partial charge is 0.295 e. The van der Waals surface area contributed by atoms with Crippen LogP contribution in [-0.4, -0.2) is 50.5 Å². The van der Waals surface area contributed by atoms with Crippen LogP contribution in [0.25, 0.3) is 5.76 Å². The summed E-state index contributed by atoms with van der Waals surface area (Å²) in [4.78, 5) is 32.4. The Morgan fingerprint density at radius 2 is 2.00 bits per heavy atom. The number of benzene rings is 2. The molecule has 1 aromatic heterocycles. The number of aliphatic hydroxyl groups is 1. The van der Waals surface area contributed by atoms with Crippen molar-refractivity contribution in [2.45, 2.75) is 64.6 Å². The Balaban J connectivity index is 1.49. The van der Waals surface area contributed by atoms with Gasteiger partial charge in [0.1, 0.15) is 23.4 Å². The van der Waals surface area contributed by atoms with Crippen LogP contribution in [0, 0.1) is 0 Å². The number of nitrogens with zero attached hydrogens (tertiary/aromatic N) is 3. The molecule has 1 amide bonds. The van der Waals surface area contributed by atoms with E-state index in [4.69, 9.17) is 9.47 Å². The lowest BCUT2D eigenvalue weighted by Crippen LogP contribution is -2.31. The van der Waals surface area contributed by atoms with E-state index in [-0.39, 0.29) is 17.4 Å². The van der Waals surface area contributed by atoms with Crippen LogP contribution in [0.1, 0.15) is 62.3 Å². The van der Waals surface area contributed by atoms with E-state index in [1.54, 1.807) is 23.5 Å². The van der Waals surface area contributed by atoms with E-state index in [2.05, 4.69) is 11.9 Å². The number of aliphatic hydroxyl groups excluding tert-OH is 1. The fourth-order valence-corrected chi connectivity index (χ4v) is 5.34. The Hall–Kier alpha value is -4.07. The molecule has 0 aliphatic carbocycles. The Morgan fingerprint density at radius 1 is 1.13 bits per heavy atom. The van der Waals surface area contributed by atoms with Gasteiger partial charge < -0.3 is 24.0 Å². The fraction of sp³-hybridized carbons (Fsp3) is 0.387. The Bertz CT molecular complexity index is 1360. The number of likely N-dealkylation sites (tertiary alicyclic amines) is 1. The van der Waals surface area contributed by atoms with Crippen molar-refractivity contribution in [3.05, 3.63) is 83.4 Å². The average Bonchev–Trinajstić information content (AvgIpc) is 3.65. The van der Waals surface area contributed by atoms with E-state index in [1.807, 2.05) is 54.1 Å². The van der Waals surface area contributed by atoms with Crippen LogP contribution in [0.15, 0.2) is 66.8 Å². The van der Waals surface area contributed by atoms with Crippen molar-refractivity contribution in [2.24, 2.45) is 0 Å². The first kappa shape index (κ1) is 26.5. The number of carbonyl (C=O) groups excluding carboxylic acids is 2. The lowest BCUT2D eigenvalue weighted by atomic mass is 9.94. The summed E-state index contributed by atoms with van der Waals surface area (Å²) in [6, 6.07) is 12.2. The molecule has 0 saturated carbocycles. The molecule has 0 spiro atoms. The summed E-state index contributed by atoms with van der Waals surface area (Å²) in [5.74, 6) is -0.00842. The maximum absolute atomic E-state index is 13.4. The van der Waals surface area contributed by atoms with Gasteiger partial charge >= 0.3 is 0 Å². The lowest BCUT2D eigenvalue weighted by Gasteiger charge is -2.26. The van der Waals surface area contributed by atoms with Crippen LogP contribution < -0.4 is 9.47 Å². The number of ketones is 1. The predicted molar refractivity (Wildman–Crippen MR) is 148 cm³/mol. The SMILES string of the molecule is CCCCCOc1cccc(C2/C(=C(/O)c3ccc4c(c3)CC(C)O4)C(=O)C(=O)N2CCCn2ccnc2)c1. The molecule has 8 heteroatoms. The van der Waals surface area contributed by atoms with Gasteiger partial charge in [0.2, 0.25) is 0 Å². The molecule has 0 radical (unpaired) electrons. The first-order valence-electron chi connectivity index (χ1n) is 13.7. The van der Waals surface area contributed by atoms with Crippen molar-refractivity contribution in [3.8, 4) is 11.5 Å². The van der Waals surface area contributed by atoms with Crippen LogP contribution in [0.3, 0.4) is 0 Å². The van der Waals surface area contributed by atoms with Gasteiger partial charge in [0.15, 0.2) is 0 Å². The van der Waals surface area contributed by atoms with Gasteiger partial charge in [-0.2, -0.15) is 0 Å². The van der Waals surface area contributed by atoms with E-state index in [1.165, 1.54) is 0 Å². The minimum Gasteiger partial charge on any atom is -0.507 e. The number of Topliss-reactive ketones (excluding diaryl/α,β-unsaturated/α-hetero) is 1. The van der Waals surface area contributed by atoms with Crippen molar-refractivity contribution < 1.29 is 24.2 Å². The molecule has 3 heterocycles. The first-order chi connectivity index (χ1) is 19.0. The summed E-state index contributed by atoms with van der Waals surface area (Å²) >= 11 is 0. The second kappa shape index (κ2) is 11.8. The average molecular weight is 530 g/mol. The molecule has 0 bridgehead atoms. The van der Waals surface area contributed by atoms with Gasteiger partial charge in [-0.3, -0.25) is 9.59 Å². The summed E-state index contributed by atoms with van der Waals surface area (Å²) < 4.78 is 13.7. The minimum absolute atomic E-state index is 0.0542. The number of rotatable bonds is 11. The Morgan fingerprint density at radius 3 is 2.79 bits per heavy atom. The molecule has 2 unspecified atom stereocenters. The fourth-order valence-electron chi connectivity index (χ4n) is 5.34. The summed E-state index contributed by atoms with van der Waals surface area (Å²) in [6.45, 7) is 5.73. The van der Waals surface area contributed by atoms with Gasteiger partial charge in [-0.25, -0.2) is 4.98 Å². The molecule has 39 heavy (non-hydrogen) atoms. The number of carbonyl (C=O) groups is 2. The zero-order valence-corrected chi connectivity index (χ0v) is 22.5. The third kappa shape index (κ3) is 5.70. The molecule has 2 aliphatic heterocycles. The summed E-state index contributed by atoms with van der Waals surface area (Å²) in [5, 5.41) is 11.5. The predicted octanol–water partition coefficient (Wildman–Crippen LogP) is 5.29. The molecule has 1 fully saturated rings. The van der Waals surface area contributed by atoms with Crippen molar-refractivity contribution in [1.29, 1.82) is 0 Å². The number of imidazole rings is 1. The van der Waals surface area contributed by atoms with E-state index >= 15 is 0 Å². The third-order valence-electron chi connectivity index (χ3n) is 7.27. The highest BCUT2D eigenvalue weighted by Crippen LogP contribution is 2.41. The van der Waals surface area contributed by atoms with Gasteiger partial charge in [-0.1, -0.05) is 31.9 Å². The number of unbranched alkanes of at least 4 members (excludes halogenated alkanes) is 2. The minimum atomic E-state index is -0.726. The number of fused-ring (bicyclic) bond motifs is 1. The van der Waals surface area contributed by atoms with Crippen LogP contribution in [0.5, 0.6) is 11.5 Å². The number of ether oxygens (including phenoxy) is 2. The van der Waals surface area contributed by atoms with Crippen molar-refractivity contribution in [1.82, 2.24) is 14.5 Å². The largest absolute Gasteiger partial charge is 0.507 e. The van der Waals surface area contributed by atoms with Crippen LogP contribution in [-0.2, 0) is 22.6 Å². The second-order valence-corrected chi connectivity index (χ2v) is 10.2. The number of aryl methyl sites for hydroxylation is 1. The second-order valence-electron chi connectivity index (χ2n) is 10.2. The Labute approximate surface area is 228 Å². The number of hydrogen-bond donors (Lipinski definition) is 1. The van der Waals surface area contributed by atoms with Gasteiger partial charge in [0.25, 0.3) is 11.7 Å². The third-order valence-corrected chi connectivity index (χ3v) is 7.27. The summed E-state index contributed by atoms with van der Waals surface area (Å²) in [6.07, 6.45) is 9.84.